The number of nitrogen functional groups attached to an aromatic ring is 1. The number of rotatable bonds is 6. The Balaban J connectivity index is 2.44. The van der Waals surface area contributed by atoms with Crippen LogP contribution in [0.5, 0.6) is 0 Å². The second-order valence-electron chi connectivity index (χ2n) is 4.39. The molecule has 1 aromatic carbocycles. The van der Waals surface area contributed by atoms with Gasteiger partial charge < -0.3 is 16.2 Å². The highest BCUT2D eigenvalue weighted by atomic mass is 19.1. The van der Waals surface area contributed by atoms with Crippen LogP contribution in [0.1, 0.15) is 30.1 Å². The van der Waals surface area contributed by atoms with Gasteiger partial charge in [-0.05, 0) is 30.9 Å². The van der Waals surface area contributed by atoms with Crippen molar-refractivity contribution in [2.75, 3.05) is 18.9 Å². The van der Waals surface area contributed by atoms with Gasteiger partial charge in [-0.25, -0.2) is 4.39 Å². The van der Waals surface area contributed by atoms with Gasteiger partial charge >= 0.3 is 0 Å². The molecular formula is C13H19FN2O2. The molecule has 1 amide bonds. The lowest BCUT2D eigenvalue weighted by atomic mass is 10.1. The van der Waals surface area contributed by atoms with Gasteiger partial charge in [0.25, 0.3) is 5.91 Å². The summed E-state index contributed by atoms with van der Waals surface area (Å²) in [5.74, 6) is -0.735. The topological polar surface area (TPSA) is 75.3 Å². The van der Waals surface area contributed by atoms with E-state index < -0.39 is 5.82 Å². The Morgan fingerprint density at radius 3 is 2.94 bits per heavy atom. The number of halogens is 1. The molecule has 0 aliphatic rings. The van der Waals surface area contributed by atoms with Crippen molar-refractivity contribution < 1.29 is 14.3 Å². The normalized spacial score (nSPS) is 12.2. The number of hydrogen-bond acceptors (Lipinski definition) is 3. The van der Waals surface area contributed by atoms with E-state index in [1.165, 1.54) is 18.2 Å². The predicted molar refractivity (Wildman–Crippen MR) is 68.6 cm³/mol. The van der Waals surface area contributed by atoms with Gasteiger partial charge in [-0.3, -0.25) is 4.79 Å². The van der Waals surface area contributed by atoms with Crippen LogP contribution in [0.2, 0.25) is 0 Å². The molecule has 4 N–H and O–H groups in total. The molecule has 0 aliphatic carbocycles. The van der Waals surface area contributed by atoms with Gasteiger partial charge in [0.15, 0.2) is 0 Å². The summed E-state index contributed by atoms with van der Waals surface area (Å²) in [6, 6.07) is 4.16. The van der Waals surface area contributed by atoms with Gasteiger partial charge in [-0.2, -0.15) is 0 Å². The quantitative estimate of drug-likeness (QED) is 0.532. The molecule has 0 radical (unpaired) electrons. The molecule has 0 spiro atoms. The number of hydrogen-bond donors (Lipinski definition) is 3. The summed E-state index contributed by atoms with van der Waals surface area (Å²) in [7, 11) is 0. The number of nitrogens with one attached hydrogen (secondary N) is 1. The second kappa shape index (κ2) is 6.96. The molecule has 100 valence electrons. The largest absolute Gasteiger partial charge is 0.396 e. The summed E-state index contributed by atoms with van der Waals surface area (Å²) in [5.41, 5.74) is 5.52. The van der Waals surface area contributed by atoms with Crippen LogP contribution in [0, 0.1) is 11.7 Å². The Hall–Kier alpha value is -1.62. The van der Waals surface area contributed by atoms with Gasteiger partial charge in [-0.1, -0.05) is 13.0 Å². The highest BCUT2D eigenvalue weighted by Gasteiger charge is 2.11. The number of para-hydroxylation sites is 1. The summed E-state index contributed by atoms with van der Waals surface area (Å²) in [6.07, 6.45) is 1.60. The molecule has 0 fully saturated rings. The number of aliphatic hydroxyl groups is 1. The molecule has 1 unspecified atom stereocenters. The van der Waals surface area contributed by atoms with Crippen molar-refractivity contribution in [1.82, 2.24) is 5.32 Å². The lowest BCUT2D eigenvalue weighted by Crippen LogP contribution is -2.26. The first-order valence-electron chi connectivity index (χ1n) is 5.99. The highest BCUT2D eigenvalue weighted by molar-refractivity contribution is 5.99. The number of amides is 1. The van der Waals surface area contributed by atoms with Gasteiger partial charge in [-0.15, -0.1) is 0 Å². The van der Waals surface area contributed by atoms with Crippen LogP contribution in [0.3, 0.4) is 0 Å². The monoisotopic (exact) mass is 254 g/mol. The van der Waals surface area contributed by atoms with Crippen molar-refractivity contribution in [3.8, 4) is 0 Å². The number of benzene rings is 1. The third-order valence-electron chi connectivity index (χ3n) is 2.77. The summed E-state index contributed by atoms with van der Waals surface area (Å²) in [4.78, 5) is 11.7. The molecule has 1 rings (SSSR count). The summed E-state index contributed by atoms with van der Waals surface area (Å²) >= 11 is 0. The van der Waals surface area contributed by atoms with Gasteiger partial charge in [0.2, 0.25) is 0 Å². The van der Waals surface area contributed by atoms with Crippen molar-refractivity contribution in [2.24, 2.45) is 5.92 Å². The van der Waals surface area contributed by atoms with Crippen LogP contribution in [-0.4, -0.2) is 24.2 Å². The minimum absolute atomic E-state index is 0.126. The predicted octanol–water partition coefficient (Wildman–Crippen LogP) is 1.55. The van der Waals surface area contributed by atoms with Crippen molar-refractivity contribution >= 4 is 11.6 Å². The van der Waals surface area contributed by atoms with Crippen LogP contribution in [0.4, 0.5) is 10.1 Å². The molecule has 1 atom stereocenters. The maximum absolute atomic E-state index is 13.1. The average molecular weight is 254 g/mol. The smallest absolute Gasteiger partial charge is 0.253 e. The maximum atomic E-state index is 13.1. The molecular weight excluding hydrogens is 235 g/mol. The van der Waals surface area contributed by atoms with E-state index in [9.17, 15) is 9.18 Å². The lowest BCUT2D eigenvalue weighted by molar-refractivity contribution is 0.0952. The molecule has 0 heterocycles. The Morgan fingerprint density at radius 2 is 2.28 bits per heavy atom. The Labute approximate surface area is 106 Å². The molecule has 0 aromatic heterocycles. The third-order valence-corrected chi connectivity index (χ3v) is 2.77. The van der Waals surface area contributed by atoms with Crippen LogP contribution in [0.15, 0.2) is 18.2 Å². The van der Waals surface area contributed by atoms with Crippen LogP contribution in [-0.2, 0) is 0 Å². The Bertz CT molecular complexity index is 410. The first-order valence-corrected chi connectivity index (χ1v) is 5.99. The number of carbonyl (C=O) groups is 1. The van der Waals surface area contributed by atoms with Gasteiger partial charge in [0, 0.05) is 13.2 Å². The number of anilines is 1. The molecule has 0 saturated carbocycles. The van der Waals surface area contributed by atoms with E-state index in [4.69, 9.17) is 10.8 Å². The van der Waals surface area contributed by atoms with Crippen molar-refractivity contribution in [3.63, 3.8) is 0 Å². The molecule has 5 heteroatoms. The lowest BCUT2D eigenvalue weighted by Gasteiger charge is -2.09. The molecule has 0 saturated heterocycles. The molecule has 0 bridgehead atoms. The summed E-state index contributed by atoms with van der Waals surface area (Å²) in [6.45, 7) is 2.57. The fourth-order valence-corrected chi connectivity index (χ4v) is 1.57. The summed E-state index contributed by atoms with van der Waals surface area (Å²) < 4.78 is 13.1. The minimum atomic E-state index is -0.587. The van der Waals surface area contributed by atoms with Crippen LogP contribution < -0.4 is 11.1 Å². The van der Waals surface area contributed by atoms with Gasteiger partial charge in [0.05, 0.1) is 11.3 Å². The standard InChI is InChI=1S/C13H19FN2O2/c1-9(8-17)4-3-7-16-13(18)10-5-2-6-11(14)12(10)15/h2,5-6,9,17H,3-4,7-8,15H2,1H3,(H,16,18). The zero-order chi connectivity index (χ0) is 13.5. The first kappa shape index (κ1) is 14.4. The molecule has 0 aliphatic heterocycles. The van der Waals surface area contributed by atoms with Crippen molar-refractivity contribution in [2.45, 2.75) is 19.8 Å². The van der Waals surface area contributed by atoms with E-state index in [-0.39, 0.29) is 29.7 Å². The zero-order valence-corrected chi connectivity index (χ0v) is 10.4. The summed E-state index contributed by atoms with van der Waals surface area (Å²) in [5, 5.41) is 11.5. The highest BCUT2D eigenvalue weighted by Crippen LogP contribution is 2.15. The van der Waals surface area contributed by atoms with E-state index in [0.717, 1.165) is 12.8 Å². The van der Waals surface area contributed by atoms with E-state index in [1.807, 2.05) is 6.92 Å². The maximum Gasteiger partial charge on any atom is 0.253 e. The first-order chi connectivity index (χ1) is 8.56. The fourth-order valence-electron chi connectivity index (χ4n) is 1.57. The SMILES string of the molecule is CC(CO)CCCNC(=O)c1cccc(F)c1N. The van der Waals surface area contributed by atoms with E-state index in [0.29, 0.717) is 6.54 Å². The van der Waals surface area contributed by atoms with Crippen LogP contribution in [0.25, 0.3) is 0 Å². The number of aliphatic hydroxyl groups excluding tert-OH is 1. The molecule has 4 nitrogen and oxygen atoms in total. The third kappa shape index (κ3) is 4.00. The van der Waals surface area contributed by atoms with E-state index in [2.05, 4.69) is 5.32 Å². The van der Waals surface area contributed by atoms with E-state index in [1.54, 1.807) is 0 Å². The number of nitrogens with two attached hydrogens (primary N) is 1. The van der Waals surface area contributed by atoms with E-state index >= 15 is 0 Å². The minimum Gasteiger partial charge on any atom is -0.396 e. The second-order valence-corrected chi connectivity index (χ2v) is 4.39. The fraction of sp³-hybridized carbons (Fsp3) is 0.462. The Morgan fingerprint density at radius 1 is 1.56 bits per heavy atom. The average Bonchev–Trinajstić information content (AvgIpc) is 2.37. The zero-order valence-electron chi connectivity index (χ0n) is 10.4. The van der Waals surface area contributed by atoms with Crippen molar-refractivity contribution in [3.05, 3.63) is 29.6 Å². The van der Waals surface area contributed by atoms with Gasteiger partial charge in [0.1, 0.15) is 5.82 Å². The molecule has 1 aromatic rings. The van der Waals surface area contributed by atoms with Crippen LogP contribution >= 0.6 is 0 Å². The van der Waals surface area contributed by atoms with Crippen molar-refractivity contribution in [1.29, 1.82) is 0 Å². The molecule has 18 heavy (non-hydrogen) atoms. The Kier molecular flexibility index (Phi) is 5.58. The number of carbonyl (C=O) groups excluding carboxylic acids is 1.